The van der Waals surface area contributed by atoms with E-state index in [9.17, 15) is 4.79 Å². The molecule has 1 aromatic carbocycles. The average Bonchev–Trinajstić information content (AvgIpc) is 2.62. The van der Waals surface area contributed by atoms with Crippen LogP contribution >= 0.6 is 11.6 Å². The first-order valence-electron chi connectivity index (χ1n) is 9.13. The van der Waals surface area contributed by atoms with E-state index in [1.807, 2.05) is 12.1 Å². The summed E-state index contributed by atoms with van der Waals surface area (Å²) in [5.41, 5.74) is 7.01. The molecule has 1 heterocycles. The largest absolute Gasteiger partial charge is 0.351 e. The fourth-order valence-electron chi connectivity index (χ4n) is 4.24. The molecule has 0 radical (unpaired) electrons. The highest BCUT2D eigenvalue weighted by molar-refractivity contribution is 6.30. The number of benzene rings is 1. The summed E-state index contributed by atoms with van der Waals surface area (Å²) in [7, 11) is 0. The number of urea groups is 1. The molecule has 0 atom stereocenters. The molecule has 0 spiro atoms. The number of carbonyl (C=O) groups excluding carboxylic acids is 1. The van der Waals surface area contributed by atoms with Gasteiger partial charge in [0.15, 0.2) is 0 Å². The molecule has 1 aliphatic carbocycles. The number of nitrogens with two attached hydrogens (primary N) is 1. The zero-order valence-electron chi connectivity index (χ0n) is 14.3. The molecule has 2 aliphatic rings. The maximum absolute atomic E-state index is 11.2. The Kier molecular flexibility index (Phi) is 5.67. The number of carbonyl (C=O) groups is 1. The summed E-state index contributed by atoms with van der Waals surface area (Å²) in [5.74, 6) is 0. The van der Waals surface area contributed by atoms with Crippen molar-refractivity contribution in [1.29, 1.82) is 0 Å². The van der Waals surface area contributed by atoms with E-state index in [0.717, 1.165) is 37.5 Å². The summed E-state index contributed by atoms with van der Waals surface area (Å²) in [5, 5.41) is 4.60. The van der Waals surface area contributed by atoms with Gasteiger partial charge in [0, 0.05) is 36.1 Å². The van der Waals surface area contributed by atoms with Gasteiger partial charge in [-0.1, -0.05) is 43.0 Å². The van der Waals surface area contributed by atoms with E-state index in [2.05, 4.69) is 17.4 Å². The van der Waals surface area contributed by atoms with Crippen LogP contribution in [0.3, 0.4) is 0 Å². The second-order valence-electron chi connectivity index (χ2n) is 7.33. The Balaban J connectivity index is 1.63. The first-order chi connectivity index (χ1) is 11.6. The molecule has 132 valence electrons. The van der Waals surface area contributed by atoms with Crippen molar-refractivity contribution in [2.24, 2.45) is 5.73 Å². The Morgan fingerprint density at radius 3 is 2.38 bits per heavy atom. The van der Waals surface area contributed by atoms with Crippen LogP contribution in [-0.4, -0.2) is 36.6 Å². The molecule has 2 fully saturated rings. The lowest BCUT2D eigenvalue weighted by Gasteiger charge is -2.40. The molecule has 1 aromatic rings. The summed E-state index contributed by atoms with van der Waals surface area (Å²) >= 11 is 6.08. The van der Waals surface area contributed by atoms with Crippen LogP contribution in [0.2, 0.25) is 5.02 Å². The Bertz CT molecular complexity index is 546. The van der Waals surface area contributed by atoms with Crippen LogP contribution in [0.25, 0.3) is 0 Å². The molecular formula is C19H28ClN3O. The Morgan fingerprint density at radius 2 is 1.79 bits per heavy atom. The number of nitrogens with zero attached hydrogens (tertiary/aromatic N) is 1. The SMILES string of the molecule is NC(=O)N1CCC(NCC2(c3ccc(Cl)cc3)CCCCC2)CC1. The third-order valence-electron chi connectivity index (χ3n) is 5.80. The number of hydrogen-bond donors (Lipinski definition) is 2. The smallest absolute Gasteiger partial charge is 0.314 e. The van der Waals surface area contributed by atoms with E-state index in [0.29, 0.717) is 6.04 Å². The number of amides is 2. The van der Waals surface area contributed by atoms with Crippen molar-refractivity contribution < 1.29 is 4.79 Å². The van der Waals surface area contributed by atoms with Gasteiger partial charge in [0.1, 0.15) is 0 Å². The lowest BCUT2D eigenvalue weighted by atomic mass is 9.69. The van der Waals surface area contributed by atoms with E-state index in [4.69, 9.17) is 17.3 Å². The van der Waals surface area contributed by atoms with E-state index in [1.54, 1.807) is 4.90 Å². The topological polar surface area (TPSA) is 58.4 Å². The predicted molar refractivity (Wildman–Crippen MR) is 98.4 cm³/mol. The third-order valence-corrected chi connectivity index (χ3v) is 6.05. The minimum Gasteiger partial charge on any atom is -0.351 e. The number of piperidine rings is 1. The second-order valence-corrected chi connectivity index (χ2v) is 7.76. The second kappa shape index (κ2) is 7.75. The molecule has 1 saturated heterocycles. The molecule has 0 unspecified atom stereocenters. The molecule has 3 rings (SSSR count). The molecule has 0 bridgehead atoms. The standard InChI is InChI=1S/C19H28ClN3O/c20-16-6-4-15(5-7-16)19(10-2-1-3-11-19)14-22-17-8-12-23(13-9-17)18(21)24/h4-7,17,22H,1-3,8-14H2,(H2,21,24). The molecule has 24 heavy (non-hydrogen) atoms. The van der Waals surface area contributed by atoms with Crippen LogP contribution in [-0.2, 0) is 5.41 Å². The van der Waals surface area contributed by atoms with Crippen LogP contribution in [0.4, 0.5) is 4.79 Å². The molecule has 1 saturated carbocycles. The lowest BCUT2D eigenvalue weighted by molar-refractivity contribution is 0.180. The number of likely N-dealkylation sites (tertiary alicyclic amines) is 1. The fraction of sp³-hybridized carbons (Fsp3) is 0.632. The maximum atomic E-state index is 11.2. The van der Waals surface area contributed by atoms with Gasteiger partial charge in [-0.2, -0.15) is 0 Å². The van der Waals surface area contributed by atoms with Gasteiger partial charge in [0.2, 0.25) is 0 Å². The van der Waals surface area contributed by atoms with Gasteiger partial charge < -0.3 is 16.0 Å². The summed E-state index contributed by atoms with van der Waals surface area (Å²) in [6.45, 7) is 2.54. The fourth-order valence-corrected chi connectivity index (χ4v) is 4.37. The normalized spacial score (nSPS) is 21.6. The predicted octanol–water partition coefficient (Wildman–Crippen LogP) is 3.67. The summed E-state index contributed by atoms with van der Waals surface area (Å²) in [6.07, 6.45) is 8.38. The minimum absolute atomic E-state index is 0.226. The van der Waals surface area contributed by atoms with Crippen molar-refractivity contribution in [3.8, 4) is 0 Å². The number of halogens is 1. The summed E-state index contributed by atoms with van der Waals surface area (Å²) < 4.78 is 0. The molecule has 0 aromatic heterocycles. The van der Waals surface area contributed by atoms with Crippen LogP contribution in [0, 0.1) is 0 Å². The highest BCUT2D eigenvalue weighted by Gasteiger charge is 2.34. The Hall–Kier alpha value is -1.26. The quantitative estimate of drug-likeness (QED) is 0.871. The zero-order valence-corrected chi connectivity index (χ0v) is 15.0. The van der Waals surface area contributed by atoms with Gasteiger partial charge in [0.25, 0.3) is 0 Å². The third kappa shape index (κ3) is 4.04. The van der Waals surface area contributed by atoms with Crippen molar-refractivity contribution in [3.63, 3.8) is 0 Å². The van der Waals surface area contributed by atoms with Crippen molar-refractivity contribution >= 4 is 17.6 Å². The van der Waals surface area contributed by atoms with Crippen LogP contribution in [0.5, 0.6) is 0 Å². The van der Waals surface area contributed by atoms with Gasteiger partial charge in [0.05, 0.1) is 0 Å². The highest BCUT2D eigenvalue weighted by Crippen LogP contribution is 2.39. The average molecular weight is 350 g/mol. The lowest BCUT2D eigenvalue weighted by Crippen LogP contribution is -2.50. The van der Waals surface area contributed by atoms with Gasteiger partial charge in [-0.25, -0.2) is 4.79 Å². The van der Waals surface area contributed by atoms with Crippen LogP contribution < -0.4 is 11.1 Å². The molecule has 5 heteroatoms. The highest BCUT2D eigenvalue weighted by atomic mass is 35.5. The van der Waals surface area contributed by atoms with Crippen molar-refractivity contribution in [2.75, 3.05) is 19.6 Å². The van der Waals surface area contributed by atoms with Gasteiger partial charge in [-0.3, -0.25) is 0 Å². The Morgan fingerprint density at radius 1 is 1.17 bits per heavy atom. The minimum atomic E-state index is -0.293. The first-order valence-corrected chi connectivity index (χ1v) is 9.51. The van der Waals surface area contributed by atoms with E-state index in [1.165, 1.54) is 37.7 Å². The van der Waals surface area contributed by atoms with Crippen molar-refractivity contribution in [2.45, 2.75) is 56.4 Å². The molecule has 3 N–H and O–H groups in total. The summed E-state index contributed by atoms with van der Waals surface area (Å²) in [6, 6.07) is 8.61. The monoisotopic (exact) mass is 349 g/mol. The summed E-state index contributed by atoms with van der Waals surface area (Å²) in [4.78, 5) is 13.0. The number of hydrogen-bond acceptors (Lipinski definition) is 2. The number of nitrogens with one attached hydrogen (secondary N) is 1. The molecular weight excluding hydrogens is 322 g/mol. The number of primary amides is 1. The van der Waals surface area contributed by atoms with Crippen molar-refractivity contribution in [1.82, 2.24) is 10.2 Å². The maximum Gasteiger partial charge on any atom is 0.314 e. The first kappa shape index (κ1) is 17.6. The van der Waals surface area contributed by atoms with E-state index in [-0.39, 0.29) is 11.4 Å². The molecule has 2 amide bonds. The van der Waals surface area contributed by atoms with E-state index < -0.39 is 0 Å². The van der Waals surface area contributed by atoms with Crippen LogP contribution in [0.15, 0.2) is 24.3 Å². The van der Waals surface area contributed by atoms with E-state index >= 15 is 0 Å². The van der Waals surface area contributed by atoms with Crippen molar-refractivity contribution in [3.05, 3.63) is 34.9 Å². The van der Waals surface area contributed by atoms with Gasteiger partial charge in [-0.15, -0.1) is 0 Å². The molecule has 1 aliphatic heterocycles. The molecule has 4 nitrogen and oxygen atoms in total. The number of rotatable bonds is 4. The Labute approximate surface area is 149 Å². The van der Waals surface area contributed by atoms with Gasteiger partial charge in [-0.05, 0) is 43.4 Å². The van der Waals surface area contributed by atoms with Gasteiger partial charge >= 0.3 is 6.03 Å². The van der Waals surface area contributed by atoms with Crippen LogP contribution in [0.1, 0.15) is 50.5 Å². The zero-order chi connectivity index (χ0) is 17.0.